The number of nitrogens with zero attached hydrogens (tertiary/aromatic N) is 3. The predicted octanol–water partition coefficient (Wildman–Crippen LogP) is 0.649. The van der Waals surface area contributed by atoms with E-state index in [4.69, 9.17) is 0 Å². The van der Waals surface area contributed by atoms with Crippen LogP contribution in [0, 0.1) is 0 Å². The van der Waals surface area contributed by atoms with Gasteiger partial charge in [0.1, 0.15) is 11.6 Å². The lowest BCUT2D eigenvalue weighted by atomic mass is 9.85. The molecule has 0 atom stereocenters. The normalized spacial score (nSPS) is 22.5. The number of hydrogen-bond donors (Lipinski definition) is 1. The van der Waals surface area contributed by atoms with E-state index in [1.807, 2.05) is 0 Å². The molecule has 0 unspecified atom stereocenters. The molecule has 2 heterocycles. The number of nitrogens with one attached hydrogen (secondary N) is 1. The van der Waals surface area contributed by atoms with Crippen LogP contribution in [0.3, 0.4) is 0 Å². The summed E-state index contributed by atoms with van der Waals surface area (Å²) in [5.41, 5.74) is 0. The van der Waals surface area contributed by atoms with Crippen molar-refractivity contribution in [3.8, 4) is 0 Å². The van der Waals surface area contributed by atoms with E-state index in [9.17, 15) is 0 Å². The first-order valence-electron chi connectivity index (χ1n) is 5.08. The summed E-state index contributed by atoms with van der Waals surface area (Å²) < 4.78 is 2.31. The van der Waals surface area contributed by atoms with E-state index in [0.717, 1.165) is 25.5 Å². The molecule has 70 valence electrons. The van der Waals surface area contributed by atoms with E-state index in [2.05, 4.69) is 20.1 Å². The number of hydrogen-bond acceptors (Lipinski definition) is 3. The molecule has 0 bridgehead atoms. The zero-order valence-electron chi connectivity index (χ0n) is 7.66. The fraction of sp³-hybridized carbons (Fsp3) is 0.778. The van der Waals surface area contributed by atoms with Gasteiger partial charge in [0.2, 0.25) is 0 Å². The summed E-state index contributed by atoms with van der Waals surface area (Å²) in [7, 11) is 0. The maximum Gasteiger partial charge on any atom is 0.147 e. The summed E-state index contributed by atoms with van der Waals surface area (Å²) >= 11 is 0. The van der Waals surface area contributed by atoms with Crippen molar-refractivity contribution in [3.05, 3.63) is 11.6 Å². The van der Waals surface area contributed by atoms with Crippen molar-refractivity contribution in [3.63, 3.8) is 0 Å². The Hall–Kier alpha value is -0.900. The first-order chi connectivity index (χ1) is 6.45. The van der Waals surface area contributed by atoms with Gasteiger partial charge in [-0.15, -0.1) is 10.2 Å². The minimum atomic E-state index is 0.708. The topological polar surface area (TPSA) is 42.7 Å². The van der Waals surface area contributed by atoms with Gasteiger partial charge in [-0.1, -0.05) is 6.42 Å². The highest BCUT2D eigenvalue weighted by Gasteiger charge is 2.27. The summed E-state index contributed by atoms with van der Waals surface area (Å²) in [6, 6.07) is 0. The van der Waals surface area contributed by atoms with Crippen molar-refractivity contribution in [2.45, 2.75) is 38.3 Å². The van der Waals surface area contributed by atoms with Gasteiger partial charge in [0.15, 0.2) is 0 Å². The molecule has 1 fully saturated rings. The van der Waals surface area contributed by atoms with Gasteiger partial charge in [-0.05, 0) is 12.8 Å². The Morgan fingerprint density at radius 3 is 3.00 bits per heavy atom. The molecule has 3 rings (SSSR count). The lowest BCUT2D eigenvalue weighted by Crippen LogP contribution is -2.30. The molecule has 13 heavy (non-hydrogen) atoms. The molecule has 0 aromatic carbocycles. The second-order valence-electron chi connectivity index (χ2n) is 3.93. The molecule has 1 aliphatic carbocycles. The van der Waals surface area contributed by atoms with Gasteiger partial charge in [0.25, 0.3) is 0 Å². The molecule has 4 nitrogen and oxygen atoms in total. The predicted molar refractivity (Wildman–Crippen MR) is 48.3 cm³/mol. The summed E-state index contributed by atoms with van der Waals surface area (Å²) in [4.78, 5) is 0. The second kappa shape index (κ2) is 2.80. The summed E-state index contributed by atoms with van der Waals surface area (Å²) in [6.07, 6.45) is 3.99. The highest BCUT2D eigenvalue weighted by Crippen LogP contribution is 2.35. The Labute approximate surface area is 77.4 Å². The van der Waals surface area contributed by atoms with E-state index >= 15 is 0 Å². The molecule has 1 aromatic heterocycles. The molecule has 1 saturated carbocycles. The minimum absolute atomic E-state index is 0.708. The lowest BCUT2D eigenvalue weighted by molar-refractivity contribution is 0.376. The Morgan fingerprint density at radius 2 is 2.23 bits per heavy atom. The van der Waals surface area contributed by atoms with Crippen molar-refractivity contribution in [2.75, 3.05) is 6.54 Å². The molecular weight excluding hydrogens is 164 g/mol. The lowest BCUT2D eigenvalue weighted by Gasteiger charge is -2.26. The third-order valence-corrected chi connectivity index (χ3v) is 3.12. The maximum absolute atomic E-state index is 4.29. The Morgan fingerprint density at radius 1 is 1.31 bits per heavy atom. The monoisotopic (exact) mass is 178 g/mol. The van der Waals surface area contributed by atoms with Crippen molar-refractivity contribution >= 4 is 0 Å². The molecule has 0 amide bonds. The third kappa shape index (κ3) is 1.09. The SMILES string of the molecule is C1CC(c2nnc3n2CCNC3)C1. The number of aromatic nitrogens is 3. The van der Waals surface area contributed by atoms with Gasteiger partial charge >= 0.3 is 0 Å². The van der Waals surface area contributed by atoms with Crippen LogP contribution in [-0.2, 0) is 13.1 Å². The number of fused-ring (bicyclic) bond motifs is 1. The standard InChI is InChI=1S/C9H14N4/c1-2-7(3-1)9-12-11-8-6-10-4-5-13(8)9/h7,10H,1-6H2. The van der Waals surface area contributed by atoms with Crippen molar-refractivity contribution in [1.82, 2.24) is 20.1 Å². The fourth-order valence-electron chi connectivity index (χ4n) is 2.08. The molecule has 4 heteroatoms. The molecule has 1 aromatic rings. The van der Waals surface area contributed by atoms with Crippen LogP contribution in [0.25, 0.3) is 0 Å². The first kappa shape index (κ1) is 7.50. The van der Waals surface area contributed by atoms with Crippen molar-refractivity contribution < 1.29 is 0 Å². The van der Waals surface area contributed by atoms with Crippen LogP contribution in [0.5, 0.6) is 0 Å². The first-order valence-corrected chi connectivity index (χ1v) is 5.08. The van der Waals surface area contributed by atoms with E-state index < -0.39 is 0 Å². The molecule has 2 aliphatic rings. The second-order valence-corrected chi connectivity index (χ2v) is 3.93. The summed E-state index contributed by atoms with van der Waals surface area (Å²) in [5.74, 6) is 3.07. The van der Waals surface area contributed by atoms with Crippen LogP contribution in [0.2, 0.25) is 0 Å². The van der Waals surface area contributed by atoms with Gasteiger partial charge in [-0.2, -0.15) is 0 Å². The van der Waals surface area contributed by atoms with Gasteiger partial charge in [-0.25, -0.2) is 0 Å². The van der Waals surface area contributed by atoms with Gasteiger partial charge in [0, 0.05) is 19.0 Å². The average Bonchev–Trinajstić information content (AvgIpc) is 2.47. The van der Waals surface area contributed by atoms with E-state index in [0.29, 0.717) is 5.92 Å². The average molecular weight is 178 g/mol. The molecule has 0 spiro atoms. The van der Waals surface area contributed by atoms with Crippen LogP contribution in [-0.4, -0.2) is 21.3 Å². The molecular formula is C9H14N4. The molecule has 1 N–H and O–H groups in total. The zero-order chi connectivity index (χ0) is 8.67. The maximum atomic E-state index is 4.29. The van der Waals surface area contributed by atoms with E-state index in [1.54, 1.807) is 0 Å². The van der Waals surface area contributed by atoms with Gasteiger partial charge in [0.05, 0.1) is 6.54 Å². The minimum Gasteiger partial charge on any atom is -0.312 e. The highest BCUT2D eigenvalue weighted by atomic mass is 15.3. The van der Waals surface area contributed by atoms with Crippen LogP contribution in [0.4, 0.5) is 0 Å². The van der Waals surface area contributed by atoms with Gasteiger partial charge < -0.3 is 9.88 Å². The molecule has 0 saturated heterocycles. The van der Waals surface area contributed by atoms with Crippen LogP contribution in [0.15, 0.2) is 0 Å². The van der Waals surface area contributed by atoms with Crippen molar-refractivity contribution in [1.29, 1.82) is 0 Å². The van der Waals surface area contributed by atoms with Crippen LogP contribution >= 0.6 is 0 Å². The third-order valence-electron chi connectivity index (χ3n) is 3.12. The van der Waals surface area contributed by atoms with E-state index in [1.165, 1.54) is 25.1 Å². The van der Waals surface area contributed by atoms with E-state index in [-0.39, 0.29) is 0 Å². The molecule has 1 aliphatic heterocycles. The number of rotatable bonds is 1. The fourth-order valence-corrected chi connectivity index (χ4v) is 2.08. The smallest absolute Gasteiger partial charge is 0.147 e. The Balaban J connectivity index is 1.95. The van der Waals surface area contributed by atoms with Crippen molar-refractivity contribution in [2.24, 2.45) is 0 Å². The largest absolute Gasteiger partial charge is 0.312 e. The highest BCUT2D eigenvalue weighted by molar-refractivity contribution is 5.06. The Kier molecular flexibility index (Phi) is 1.62. The zero-order valence-corrected chi connectivity index (χ0v) is 7.66. The Bertz CT molecular complexity index is 313. The summed E-state index contributed by atoms with van der Waals surface area (Å²) in [6.45, 7) is 3.00. The van der Waals surface area contributed by atoms with Crippen LogP contribution in [0.1, 0.15) is 36.8 Å². The molecule has 0 radical (unpaired) electrons. The van der Waals surface area contributed by atoms with Gasteiger partial charge in [-0.3, -0.25) is 0 Å². The quantitative estimate of drug-likeness (QED) is 0.686. The van der Waals surface area contributed by atoms with Crippen LogP contribution < -0.4 is 5.32 Å². The summed E-state index contributed by atoms with van der Waals surface area (Å²) in [5, 5.41) is 11.8.